The summed E-state index contributed by atoms with van der Waals surface area (Å²) in [6.45, 7) is 17.4. The van der Waals surface area contributed by atoms with Gasteiger partial charge in [0.05, 0.1) is 0 Å². The zero-order chi connectivity index (χ0) is 22.9. The number of nitrogens with one attached hydrogen (secondary N) is 1. The molecular formula is C24H41N3O3. The van der Waals surface area contributed by atoms with Gasteiger partial charge in [0.25, 0.3) is 5.91 Å². The van der Waals surface area contributed by atoms with Crippen LogP contribution < -0.4 is 5.32 Å². The molecule has 2 saturated heterocycles. The molecule has 2 aliphatic rings. The highest BCUT2D eigenvalue weighted by atomic mass is 16.6. The molecule has 0 radical (unpaired) electrons. The highest BCUT2D eigenvalue weighted by molar-refractivity contribution is 6.00. The summed E-state index contributed by atoms with van der Waals surface area (Å²) in [7, 11) is 2.07. The molecule has 1 N–H and O–H groups in total. The van der Waals surface area contributed by atoms with Crippen molar-refractivity contribution >= 4 is 12.0 Å². The molecule has 0 aromatic rings. The lowest BCUT2D eigenvalue weighted by atomic mass is 9.75. The number of piperidine rings is 2. The van der Waals surface area contributed by atoms with E-state index in [9.17, 15) is 9.59 Å². The van der Waals surface area contributed by atoms with Crippen LogP contribution in [0.25, 0.3) is 0 Å². The minimum atomic E-state index is -0.504. The van der Waals surface area contributed by atoms with E-state index in [4.69, 9.17) is 4.74 Å². The first-order valence-corrected chi connectivity index (χ1v) is 11.1. The summed E-state index contributed by atoms with van der Waals surface area (Å²) in [5.74, 6) is 0.0138. The number of nitrogens with zero attached hydrogens (tertiary/aromatic N) is 2. The maximum absolute atomic E-state index is 13.2. The molecule has 0 bridgehead atoms. The predicted molar refractivity (Wildman–Crippen MR) is 121 cm³/mol. The van der Waals surface area contributed by atoms with Crippen molar-refractivity contribution in [1.82, 2.24) is 15.1 Å². The Labute approximate surface area is 182 Å². The van der Waals surface area contributed by atoms with Crippen molar-refractivity contribution in [2.75, 3.05) is 20.1 Å². The number of carbonyl (C=O) groups is 2. The van der Waals surface area contributed by atoms with Gasteiger partial charge < -0.3 is 19.9 Å². The molecule has 2 amide bonds. The van der Waals surface area contributed by atoms with Crippen LogP contribution in [-0.4, -0.2) is 58.6 Å². The average Bonchev–Trinajstić information content (AvgIpc) is 2.59. The van der Waals surface area contributed by atoms with Crippen LogP contribution in [0.3, 0.4) is 0 Å². The van der Waals surface area contributed by atoms with Gasteiger partial charge in [-0.3, -0.25) is 4.79 Å². The number of rotatable bonds is 2. The highest BCUT2D eigenvalue weighted by Gasteiger charge is 2.43. The molecule has 30 heavy (non-hydrogen) atoms. The molecule has 6 heteroatoms. The van der Waals surface area contributed by atoms with Crippen LogP contribution in [0.5, 0.6) is 0 Å². The Kier molecular flexibility index (Phi) is 6.99. The number of hydrogen-bond acceptors (Lipinski definition) is 4. The second-order valence-electron chi connectivity index (χ2n) is 10.8. The fraction of sp³-hybridized carbons (Fsp3) is 0.750. The van der Waals surface area contributed by atoms with Crippen molar-refractivity contribution in [2.45, 2.75) is 97.8 Å². The van der Waals surface area contributed by atoms with Gasteiger partial charge in [0.1, 0.15) is 5.60 Å². The summed E-state index contributed by atoms with van der Waals surface area (Å²) in [6.07, 6.45) is 4.97. The van der Waals surface area contributed by atoms with Crippen molar-refractivity contribution in [3.8, 4) is 0 Å². The molecule has 1 spiro atoms. The average molecular weight is 420 g/mol. The highest BCUT2D eigenvalue weighted by Crippen LogP contribution is 2.38. The number of amides is 2. The Morgan fingerprint density at radius 1 is 1.20 bits per heavy atom. The third kappa shape index (κ3) is 5.79. The molecule has 2 aliphatic heterocycles. The van der Waals surface area contributed by atoms with Crippen LogP contribution >= 0.6 is 0 Å². The van der Waals surface area contributed by atoms with E-state index >= 15 is 0 Å². The number of carbonyl (C=O) groups excluding carboxylic acids is 2. The number of hydrogen-bond donors (Lipinski definition) is 1. The van der Waals surface area contributed by atoms with E-state index < -0.39 is 5.60 Å². The molecule has 170 valence electrons. The smallest absolute Gasteiger partial charge is 0.410 e. The number of allylic oxidation sites excluding steroid dienone is 1. The Hall–Kier alpha value is -1.98. The molecule has 0 aromatic carbocycles. The van der Waals surface area contributed by atoms with Crippen LogP contribution in [0.4, 0.5) is 4.79 Å². The van der Waals surface area contributed by atoms with Crippen LogP contribution in [0.15, 0.2) is 22.9 Å². The normalized spacial score (nSPS) is 22.8. The number of ether oxygens (including phenoxy) is 1. The summed E-state index contributed by atoms with van der Waals surface area (Å²) < 4.78 is 5.52. The molecule has 2 fully saturated rings. The maximum atomic E-state index is 13.2. The van der Waals surface area contributed by atoms with Gasteiger partial charge in [-0.25, -0.2) is 4.79 Å². The van der Waals surface area contributed by atoms with Gasteiger partial charge in [0.2, 0.25) is 0 Å². The Morgan fingerprint density at radius 3 is 2.23 bits per heavy atom. The fourth-order valence-corrected chi connectivity index (χ4v) is 3.87. The van der Waals surface area contributed by atoms with E-state index in [0.717, 1.165) is 42.4 Å². The first-order valence-electron chi connectivity index (χ1n) is 11.1. The summed E-state index contributed by atoms with van der Waals surface area (Å²) in [5, 5.41) is 3.31. The maximum Gasteiger partial charge on any atom is 0.410 e. The fourth-order valence-electron chi connectivity index (χ4n) is 3.87. The Morgan fingerprint density at radius 2 is 1.77 bits per heavy atom. The third-order valence-electron chi connectivity index (χ3n) is 6.19. The summed E-state index contributed by atoms with van der Waals surface area (Å²) in [4.78, 5) is 29.6. The first kappa shape index (κ1) is 24.3. The standard InChI is InChI=1S/C24H41N3O3/c1-10-17(2)19-18(16-26(9)22(3,4)5)15-24(25-20(19)28)11-13-27(14-12-24)21(29)30-23(6,7)8/h16H,10-15H2,1-9H3,(H,25,28)/b18-16-,19-17-. The van der Waals surface area contributed by atoms with Crippen molar-refractivity contribution in [3.05, 3.63) is 22.9 Å². The third-order valence-corrected chi connectivity index (χ3v) is 6.19. The topological polar surface area (TPSA) is 61.9 Å². The summed E-state index contributed by atoms with van der Waals surface area (Å²) in [5.41, 5.74) is 2.20. The van der Waals surface area contributed by atoms with Crippen molar-refractivity contribution in [1.29, 1.82) is 0 Å². The van der Waals surface area contributed by atoms with Gasteiger partial charge >= 0.3 is 6.09 Å². The molecule has 2 heterocycles. The summed E-state index contributed by atoms with van der Waals surface area (Å²) >= 11 is 0. The zero-order valence-electron chi connectivity index (χ0n) is 20.4. The van der Waals surface area contributed by atoms with Crippen LogP contribution in [-0.2, 0) is 9.53 Å². The minimum Gasteiger partial charge on any atom is -0.444 e. The van der Waals surface area contributed by atoms with Crippen molar-refractivity contribution in [2.24, 2.45) is 0 Å². The second kappa shape index (κ2) is 8.64. The molecule has 0 aliphatic carbocycles. The lowest BCUT2D eigenvalue weighted by Gasteiger charge is -2.46. The molecule has 6 nitrogen and oxygen atoms in total. The van der Waals surface area contributed by atoms with Crippen molar-refractivity contribution < 1.29 is 14.3 Å². The van der Waals surface area contributed by atoms with Gasteiger partial charge in [-0.05, 0) is 79.7 Å². The van der Waals surface area contributed by atoms with Gasteiger partial charge in [0.15, 0.2) is 0 Å². The summed E-state index contributed by atoms with van der Waals surface area (Å²) in [6, 6.07) is 0. The van der Waals surface area contributed by atoms with E-state index in [1.54, 1.807) is 4.90 Å². The Bertz CT molecular complexity index is 730. The first-order chi connectivity index (χ1) is 13.7. The molecule has 0 atom stereocenters. The lowest BCUT2D eigenvalue weighted by molar-refractivity contribution is -0.120. The van der Waals surface area contributed by atoms with Crippen LogP contribution in [0.1, 0.15) is 81.1 Å². The van der Waals surface area contributed by atoms with Gasteiger partial charge in [-0.1, -0.05) is 12.5 Å². The van der Waals surface area contributed by atoms with Crippen molar-refractivity contribution in [3.63, 3.8) is 0 Å². The molecule has 0 unspecified atom stereocenters. The van der Waals surface area contributed by atoms with E-state index in [1.165, 1.54) is 0 Å². The lowest BCUT2D eigenvalue weighted by Crippen LogP contribution is -2.59. The van der Waals surface area contributed by atoms with Crippen LogP contribution in [0, 0.1) is 0 Å². The quantitative estimate of drug-likeness (QED) is 0.664. The van der Waals surface area contributed by atoms with E-state index in [1.807, 2.05) is 27.7 Å². The largest absolute Gasteiger partial charge is 0.444 e. The monoisotopic (exact) mass is 419 g/mol. The van der Waals surface area contributed by atoms with E-state index in [-0.39, 0.29) is 23.1 Å². The van der Waals surface area contributed by atoms with Gasteiger partial charge in [0, 0.05) is 43.0 Å². The molecule has 0 aromatic heterocycles. The van der Waals surface area contributed by atoms with E-state index in [2.05, 4.69) is 51.2 Å². The van der Waals surface area contributed by atoms with Gasteiger partial charge in [-0.15, -0.1) is 0 Å². The predicted octanol–water partition coefficient (Wildman–Crippen LogP) is 4.62. The molecule has 2 rings (SSSR count). The second-order valence-corrected chi connectivity index (χ2v) is 10.8. The zero-order valence-corrected chi connectivity index (χ0v) is 20.4. The minimum absolute atomic E-state index is 0.0138. The molecule has 0 saturated carbocycles. The molecular weight excluding hydrogens is 378 g/mol. The van der Waals surface area contributed by atoms with E-state index in [0.29, 0.717) is 13.1 Å². The Balaban J connectivity index is 2.25. The number of likely N-dealkylation sites (tertiary alicyclic amines) is 1. The SMILES string of the molecule is CC/C(C)=C1\C(=O)NC2(CCN(C(=O)OC(C)(C)C)CC2)C\C1=C\N(C)C(C)(C)C. The van der Waals surface area contributed by atoms with Crippen LogP contribution in [0.2, 0.25) is 0 Å². The van der Waals surface area contributed by atoms with Gasteiger partial charge in [-0.2, -0.15) is 0 Å².